The Morgan fingerprint density at radius 2 is 1.90 bits per heavy atom. The van der Waals surface area contributed by atoms with E-state index in [1.165, 1.54) is 45.2 Å². The highest BCUT2D eigenvalue weighted by atomic mass is 16.1. The number of anilines is 1. The minimum Gasteiger partial charge on any atom is -0.399 e. The second-order valence-electron chi connectivity index (χ2n) is 6.49. The van der Waals surface area contributed by atoms with Crippen molar-refractivity contribution in [2.24, 2.45) is 5.92 Å². The Bertz CT molecular complexity index is 483. The SMILES string of the molecule is Nc1ccc(C(=O)NC[C@H]2CCC[NH+]3CCCC[C@@H]23)cc1. The highest BCUT2D eigenvalue weighted by Gasteiger charge is 2.36. The fraction of sp³-hybridized carbons (Fsp3) is 0.588. The van der Waals surface area contributed by atoms with Gasteiger partial charge < -0.3 is 16.0 Å². The molecule has 0 radical (unpaired) electrons. The number of hydrogen-bond acceptors (Lipinski definition) is 2. The maximum atomic E-state index is 12.2. The van der Waals surface area contributed by atoms with Crippen molar-refractivity contribution in [1.82, 2.24) is 5.32 Å². The smallest absolute Gasteiger partial charge is 0.251 e. The molecule has 4 N–H and O–H groups in total. The lowest BCUT2D eigenvalue weighted by molar-refractivity contribution is -0.939. The molecule has 21 heavy (non-hydrogen) atoms. The van der Waals surface area contributed by atoms with E-state index in [1.54, 1.807) is 29.2 Å². The van der Waals surface area contributed by atoms with Crippen LogP contribution in [0, 0.1) is 5.92 Å². The van der Waals surface area contributed by atoms with Crippen LogP contribution < -0.4 is 16.0 Å². The summed E-state index contributed by atoms with van der Waals surface area (Å²) in [6.45, 7) is 3.47. The minimum atomic E-state index is 0.0259. The fourth-order valence-corrected chi connectivity index (χ4v) is 3.98. The number of nitrogen functional groups attached to an aromatic ring is 1. The number of nitrogens with two attached hydrogens (primary N) is 1. The largest absolute Gasteiger partial charge is 0.399 e. The van der Waals surface area contributed by atoms with Crippen LogP contribution in [0.4, 0.5) is 5.69 Å². The van der Waals surface area contributed by atoms with Crippen molar-refractivity contribution in [2.45, 2.75) is 38.1 Å². The third-order valence-electron chi connectivity index (χ3n) is 5.13. The fourth-order valence-electron chi connectivity index (χ4n) is 3.98. The van der Waals surface area contributed by atoms with E-state index in [4.69, 9.17) is 5.73 Å². The van der Waals surface area contributed by atoms with Crippen LogP contribution in [-0.4, -0.2) is 31.6 Å². The molecule has 4 heteroatoms. The number of carbonyl (C=O) groups is 1. The Labute approximate surface area is 126 Å². The molecule has 1 aromatic rings. The van der Waals surface area contributed by atoms with Crippen LogP contribution in [0.25, 0.3) is 0 Å². The number of benzene rings is 1. The molecule has 114 valence electrons. The summed E-state index contributed by atoms with van der Waals surface area (Å²) < 4.78 is 0. The zero-order valence-corrected chi connectivity index (χ0v) is 12.6. The number of hydrogen-bond donors (Lipinski definition) is 3. The summed E-state index contributed by atoms with van der Waals surface area (Å²) in [5.41, 5.74) is 7.05. The molecule has 2 fully saturated rings. The number of fused-ring (bicyclic) bond motifs is 1. The third kappa shape index (κ3) is 3.38. The van der Waals surface area contributed by atoms with Crippen LogP contribution in [0.5, 0.6) is 0 Å². The molecule has 0 saturated carbocycles. The van der Waals surface area contributed by atoms with Gasteiger partial charge in [0.25, 0.3) is 5.91 Å². The molecule has 2 aliphatic heterocycles. The highest BCUT2D eigenvalue weighted by molar-refractivity contribution is 5.94. The van der Waals surface area contributed by atoms with Crippen molar-refractivity contribution in [1.29, 1.82) is 0 Å². The van der Waals surface area contributed by atoms with E-state index in [1.807, 2.05) is 0 Å². The normalized spacial score (nSPS) is 28.7. The first-order chi connectivity index (χ1) is 10.2. The molecule has 1 aromatic carbocycles. The summed E-state index contributed by atoms with van der Waals surface area (Å²) in [5, 5.41) is 3.13. The van der Waals surface area contributed by atoms with Crippen molar-refractivity contribution in [3.63, 3.8) is 0 Å². The zero-order valence-electron chi connectivity index (χ0n) is 12.6. The Morgan fingerprint density at radius 1 is 1.14 bits per heavy atom. The molecule has 4 nitrogen and oxygen atoms in total. The molecular weight excluding hydrogens is 262 g/mol. The van der Waals surface area contributed by atoms with E-state index in [9.17, 15) is 4.79 Å². The zero-order chi connectivity index (χ0) is 14.7. The van der Waals surface area contributed by atoms with Gasteiger partial charge >= 0.3 is 0 Å². The topological polar surface area (TPSA) is 59.6 Å². The molecule has 0 spiro atoms. The molecule has 0 bridgehead atoms. The molecule has 1 unspecified atom stereocenters. The lowest BCUT2D eigenvalue weighted by atomic mass is 9.83. The van der Waals surface area contributed by atoms with Crippen molar-refractivity contribution >= 4 is 11.6 Å². The highest BCUT2D eigenvalue weighted by Crippen LogP contribution is 2.19. The van der Waals surface area contributed by atoms with Gasteiger partial charge in [-0.25, -0.2) is 0 Å². The van der Waals surface area contributed by atoms with Crippen LogP contribution in [0.3, 0.4) is 0 Å². The first-order valence-electron chi connectivity index (χ1n) is 8.22. The van der Waals surface area contributed by atoms with Crippen molar-refractivity contribution in [2.75, 3.05) is 25.4 Å². The monoisotopic (exact) mass is 288 g/mol. The average Bonchev–Trinajstić information content (AvgIpc) is 2.53. The van der Waals surface area contributed by atoms with E-state index in [2.05, 4.69) is 5.32 Å². The Hall–Kier alpha value is -1.55. The number of carbonyl (C=O) groups excluding carboxylic acids is 1. The maximum Gasteiger partial charge on any atom is 0.251 e. The van der Waals surface area contributed by atoms with Crippen molar-refractivity contribution in [3.8, 4) is 0 Å². The number of quaternary nitrogens is 1. The molecule has 1 amide bonds. The van der Waals surface area contributed by atoms with Crippen LogP contribution in [0.2, 0.25) is 0 Å². The maximum absolute atomic E-state index is 12.2. The predicted octanol–water partition coefficient (Wildman–Crippen LogP) is 0.846. The van der Waals surface area contributed by atoms with Crippen molar-refractivity contribution in [3.05, 3.63) is 29.8 Å². The molecule has 3 rings (SSSR count). The van der Waals surface area contributed by atoms with E-state index in [-0.39, 0.29) is 5.91 Å². The number of nitrogens with one attached hydrogen (secondary N) is 2. The number of piperidine rings is 2. The van der Waals surface area contributed by atoms with E-state index in [0.29, 0.717) is 17.2 Å². The average molecular weight is 288 g/mol. The lowest BCUT2D eigenvalue weighted by Crippen LogP contribution is -3.18. The Kier molecular flexibility index (Phi) is 4.44. The number of rotatable bonds is 3. The molecule has 2 saturated heterocycles. The Balaban J connectivity index is 1.56. The van der Waals surface area contributed by atoms with E-state index >= 15 is 0 Å². The third-order valence-corrected chi connectivity index (χ3v) is 5.13. The van der Waals surface area contributed by atoms with Gasteiger partial charge in [0.05, 0.1) is 19.1 Å². The van der Waals surface area contributed by atoms with Gasteiger partial charge in [-0.15, -0.1) is 0 Å². The first-order valence-corrected chi connectivity index (χ1v) is 8.22. The van der Waals surface area contributed by atoms with Gasteiger partial charge in [-0.1, -0.05) is 0 Å². The minimum absolute atomic E-state index is 0.0259. The predicted molar refractivity (Wildman–Crippen MR) is 84.2 cm³/mol. The lowest BCUT2D eigenvalue weighted by Gasteiger charge is -2.41. The van der Waals surface area contributed by atoms with Crippen LogP contribution >= 0.6 is 0 Å². The summed E-state index contributed by atoms with van der Waals surface area (Å²) in [4.78, 5) is 14.0. The second kappa shape index (κ2) is 6.48. The van der Waals surface area contributed by atoms with E-state index < -0.39 is 0 Å². The summed E-state index contributed by atoms with van der Waals surface area (Å²) in [7, 11) is 0. The summed E-state index contributed by atoms with van der Waals surface area (Å²) in [6.07, 6.45) is 6.62. The molecule has 0 aromatic heterocycles. The summed E-state index contributed by atoms with van der Waals surface area (Å²) in [6, 6.07) is 7.91. The van der Waals surface area contributed by atoms with E-state index in [0.717, 1.165) is 12.6 Å². The molecule has 3 atom stereocenters. The molecule has 2 heterocycles. The number of amides is 1. The van der Waals surface area contributed by atoms with Gasteiger partial charge in [0.1, 0.15) is 0 Å². The summed E-state index contributed by atoms with van der Waals surface area (Å²) >= 11 is 0. The van der Waals surface area contributed by atoms with Crippen LogP contribution in [0.15, 0.2) is 24.3 Å². The molecule has 0 aliphatic carbocycles. The Morgan fingerprint density at radius 3 is 2.71 bits per heavy atom. The molecular formula is C17H26N3O+. The standard InChI is InChI=1S/C17H25N3O/c18-15-8-6-13(7-9-15)17(21)19-12-14-4-3-11-20-10-2-1-5-16(14)20/h6-9,14,16H,1-5,10-12,18H2,(H,19,21)/p+1/t14-,16+/m1/s1. The van der Waals surface area contributed by atoms with Gasteiger partial charge in [-0.2, -0.15) is 0 Å². The van der Waals surface area contributed by atoms with Crippen molar-refractivity contribution < 1.29 is 9.69 Å². The second-order valence-corrected chi connectivity index (χ2v) is 6.49. The van der Waals surface area contributed by atoms with Crippen LogP contribution in [0.1, 0.15) is 42.5 Å². The van der Waals surface area contributed by atoms with Gasteiger partial charge in [-0.05, 0) is 56.4 Å². The van der Waals surface area contributed by atoms with Gasteiger partial charge in [0, 0.05) is 23.7 Å². The van der Waals surface area contributed by atoms with Gasteiger partial charge in [0.15, 0.2) is 0 Å². The molecule has 2 aliphatic rings. The van der Waals surface area contributed by atoms with Gasteiger partial charge in [-0.3, -0.25) is 4.79 Å². The van der Waals surface area contributed by atoms with Gasteiger partial charge in [0.2, 0.25) is 0 Å². The quantitative estimate of drug-likeness (QED) is 0.722. The van der Waals surface area contributed by atoms with Crippen LogP contribution in [-0.2, 0) is 0 Å². The first kappa shape index (κ1) is 14.4. The summed E-state index contributed by atoms with van der Waals surface area (Å²) in [5.74, 6) is 0.671.